The van der Waals surface area contributed by atoms with Gasteiger partial charge < -0.3 is 19.3 Å². The number of piperidine rings is 1. The molecule has 0 aliphatic carbocycles. The molecule has 7 rings (SSSR count). The zero-order chi connectivity index (χ0) is 19.6. The first-order chi connectivity index (χ1) is 14.1. The molecule has 4 aliphatic rings. The van der Waals surface area contributed by atoms with Crippen molar-refractivity contribution in [1.82, 2.24) is 24.8 Å². The van der Waals surface area contributed by atoms with Crippen LogP contribution in [0.15, 0.2) is 24.5 Å². The number of rotatable bonds is 3. The van der Waals surface area contributed by atoms with Crippen LogP contribution in [0.3, 0.4) is 0 Å². The van der Waals surface area contributed by atoms with E-state index in [2.05, 4.69) is 39.9 Å². The third-order valence-corrected chi connectivity index (χ3v) is 6.23. The van der Waals surface area contributed by atoms with Crippen molar-refractivity contribution in [1.29, 1.82) is 0 Å². The SMILES string of the molecule is CC1(C)COCCN1c1cc(N2CC3CC(C2)O3)nc2c(-c3ccn[nH]3)cnn12. The van der Waals surface area contributed by atoms with Crippen LogP contribution in [0.4, 0.5) is 11.6 Å². The summed E-state index contributed by atoms with van der Waals surface area (Å²) in [6.45, 7) is 8.40. The summed E-state index contributed by atoms with van der Waals surface area (Å²) in [6, 6.07) is 4.13. The Balaban J connectivity index is 1.52. The number of anilines is 2. The van der Waals surface area contributed by atoms with Crippen LogP contribution in [0, 0.1) is 0 Å². The van der Waals surface area contributed by atoms with Crippen molar-refractivity contribution in [2.24, 2.45) is 0 Å². The summed E-state index contributed by atoms with van der Waals surface area (Å²) in [5, 5.41) is 11.9. The lowest BCUT2D eigenvalue weighted by atomic mass is 9.99. The van der Waals surface area contributed by atoms with Gasteiger partial charge in [0.05, 0.1) is 48.4 Å². The number of fused-ring (bicyclic) bond motifs is 3. The molecule has 29 heavy (non-hydrogen) atoms. The largest absolute Gasteiger partial charge is 0.377 e. The molecule has 2 atom stereocenters. The molecule has 9 heteroatoms. The predicted octanol–water partition coefficient (Wildman–Crippen LogP) is 1.71. The zero-order valence-corrected chi connectivity index (χ0v) is 16.7. The van der Waals surface area contributed by atoms with Crippen LogP contribution in [0.25, 0.3) is 16.9 Å². The smallest absolute Gasteiger partial charge is 0.169 e. The summed E-state index contributed by atoms with van der Waals surface area (Å²) in [7, 11) is 0. The topological polar surface area (TPSA) is 83.8 Å². The van der Waals surface area contributed by atoms with Gasteiger partial charge in [-0.2, -0.15) is 14.7 Å². The highest BCUT2D eigenvalue weighted by Gasteiger charge is 2.40. The molecule has 9 nitrogen and oxygen atoms in total. The number of ether oxygens (including phenoxy) is 2. The molecule has 0 saturated carbocycles. The Hall–Kier alpha value is -2.65. The standard InChI is InChI=1S/C20H25N7O2/c1-20(2)12-28-6-5-26(20)18-8-17(25-10-13-7-14(11-25)29-13)23-19-15(9-22-27(18)19)16-3-4-21-24-16/h3-4,8-9,13-14H,5-7,10-12H2,1-2H3,(H,21,24). The lowest BCUT2D eigenvalue weighted by Gasteiger charge is -2.48. The minimum atomic E-state index is -0.128. The van der Waals surface area contributed by atoms with Crippen molar-refractivity contribution in [3.63, 3.8) is 0 Å². The molecule has 4 aliphatic heterocycles. The van der Waals surface area contributed by atoms with Gasteiger partial charge in [0.1, 0.15) is 11.6 Å². The van der Waals surface area contributed by atoms with E-state index in [-0.39, 0.29) is 5.54 Å². The van der Waals surface area contributed by atoms with Gasteiger partial charge in [-0.15, -0.1) is 0 Å². The van der Waals surface area contributed by atoms with E-state index in [0.717, 1.165) is 54.6 Å². The van der Waals surface area contributed by atoms with Gasteiger partial charge in [0.15, 0.2) is 5.65 Å². The molecule has 0 radical (unpaired) electrons. The second-order valence-corrected chi connectivity index (χ2v) is 8.77. The molecule has 4 fully saturated rings. The van der Waals surface area contributed by atoms with Crippen molar-refractivity contribution < 1.29 is 9.47 Å². The summed E-state index contributed by atoms with van der Waals surface area (Å²) < 4.78 is 13.5. The van der Waals surface area contributed by atoms with E-state index in [9.17, 15) is 0 Å². The zero-order valence-electron chi connectivity index (χ0n) is 16.7. The predicted molar refractivity (Wildman–Crippen MR) is 108 cm³/mol. The first kappa shape index (κ1) is 17.2. The highest BCUT2D eigenvalue weighted by molar-refractivity contribution is 5.77. The van der Waals surface area contributed by atoms with Gasteiger partial charge in [0, 0.05) is 38.3 Å². The van der Waals surface area contributed by atoms with Gasteiger partial charge in [-0.25, -0.2) is 4.98 Å². The van der Waals surface area contributed by atoms with Gasteiger partial charge in [-0.05, 0) is 19.9 Å². The molecular formula is C20H25N7O2. The molecule has 152 valence electrons. The lowest BCUT2D eigenvalue weighted by molar-refractivity contribution is -0.133. The van der Waals surface area contributed by atoms with E-state index >= 15 is 0 Å². The molecule has 0 amide bonds. The summed E-state index contributed by atoms with van der Waals surface area (Å²) >= 11 is 0. The molecule has 2 unspecified atom stereocenters. The number of hydrogen-bond donors (Lipinski definition) is 1. The van der Waals surface area contributed by atoms with E-state index in [1.54, 1.807) is 6.20 Å². The third-order valence-electron chi connectivity index (χ3n) is 6.23. The maximum atomic E-state index is 5.83. The first-order valence-electron chi connectivity index (χ1n) is 10.2. The molecule has 0 spiro atoms. The molecule has 2 bridgehead atoms. The van der Waals surface area contributed by atoms with E-state index in [1.807, 2.05) is 16.8 Å². The number of hydrogen-bond acceptors (Lipinski definition) is 7. The maximum absolute atomic E-state index is 5.83. The molecular weight excluding hydrogens is 370 g/mol. The van der Waals surface area contributed by atoms with E-state index in [0.29, 0.717) is 25.4 Å². The minimum Gasteiger partial charge on any atom is -0.377 e. The normalized spacial score (nSPS) is 26.0. The van der Waals surface area contributed by atoms with Crippen molar-refractivity contribution >= 4 is 17.3 Å². The number of aromatic nitrogens is 5. The number of nitrogens with one attached hydrogen (secondary N) is 1. The Kier molecular flexibility index (Phi) is 3.67. The Morgan fingerprint density at radius 3 is 2.79 bits per heavy atom. The Labute approximate surface area is 168 Å². The summed E-state index contributed by atoms with van der Waals surface area (Å²) in [5.41, 5.74) is 2.58. The summed E-state index contributed by atoms with van der Waals surface area (Å²) in [4.78, 5) is 9.78. The maximum Gasteiger partial charge on any atom is 0.169 e. The molecule has 3 aromatic rings. The van der Waals surface area contributed by atoms with Crippen LogP contribution in [0.5, 0.6) is 0 Å². The van der Waals surface area contributed by atoms with Crippen molar-refractivity contribution in [3.8, 4) is 11.3 Å². The van der Waals surface area contributed by atoms with Crippen molar-refractivity contribution in [3.05, 3.63) is 24.5 Å². The number of morpholine rings is 2. The average molecular weight is 395 g/mol. The van der Waals surface area contributed by atoms with Crippen LogP contribution in [-0.4, -0.2) is 75.4 Å². The van der Waals surface area contributed by atoms with Gasteiger partial charge in [-0.1, -0.05) is 0 Å². The quantitative estimate of drug-likeness (QED) is 0.723. The van der Waals surface area contributed by atoms with Gasteiger partial charge in [0.25, 0.3) is 0 Å². The van der Waals surface area contributed by atoms with Crippen molar-refractivity contribution in [2.75, 3.05) is 42.6 Å². The fourth-order valence-electron chi connectivity index (χ4n) is 4.71. The van der Waals surface area contributed by atoms with E-state index in [1.165, 1.54) is 0 Å². The average Bonchev–Trinajstić information content (AvgIpc) is 3.36. The highest BCUT2D eigenvalue weighted by Crippen LogP contribution is 2.36. The molecule has 0 aromatic carbocycles. The second-order valence-electron chi connectivity index (χ2n) is 8.77. The Morgan fingerprint density at radius 2 is 2.07 bits per heavy atom. The Morgan fingerprint density at radius 1 is 1.24 bits per heavy atom. The lowest BCUT2D eigenvalue weighted by Crippen LogP contribution is -2.57. The number of aromatic amines is 1. The minimum absolute atomic E-state index is 0.128. The number of H-pyrrole nitrogens is 1. The molecule has 7 heterocycles. The monoisotopic (exact) mass is 395 g/mol. The highest BCUT2D eigenvalue weighted by atomic mass is 16.5. The van der Waals surface area contributed by atoms with Gasteiger partial charge in [-0.3, -0.25) is 5.10 Å². The van der Waals surface area contributed by atoms with Gasteiger partial charge in [0.2, 0.25) is 0 Å². The Bertz CT molecular complexity index is 1030. The van der Waals surface area contributed by atoms with Crippen molar-refractivity contribution in [2.45, 2.75) is 38.0 Å². The van der Waals surface area contributed by atoms with Crippen LogP contribution in [-0.2, 0) is 9.47 Å². The van der Waals surface area contributed by atoms with Crippen LogP contribution in [0.2, 0.25) is 0 Å². The van der Waals surface area contributed by atoms with Crippen LogP contribution >= 0.6 is 0 Å². The second kappa shape index (κ2) is 6.17. The van der Waals surface area contributed by atoms with E-state index < -0.39 is 0 Å². The fourth-order valence-corrected chi connectivity index (χ4v) is 4.71. The van der Waals surface area contributed by atoms with E-state index in [4.69, 9.17) is 19.6 Å². The van der Waals surface area contributed by atoms with Crippen LogP contribution < -0.4 is 9.80 Å². The first-order valence-corrected chi connectivity index (χ1v) is 10.2. The third kappa shape index (κ3) is 2.71. The summed E-state index contributed by atoms with van der Waals surface area (Å²) in [5.74, 6) is 2.03. The molecule has 4 saturated heterocycles. The van der Waals surface area contributed by atoms with Gasteiger partial charge >= 0.3 is 0 Å². The fraction of sp³-hybridized carbons (Fsp3) is 0.550. The number of nitrogens with zero attached hydrogens (tertiary/aromatic N) is 6. The molecule has 1 N–H and O–H groups in total. The molecule has 3 aromatic heterocycles. The summed E-state index contributed by atoms with van der Waals surface area (Å²) in [6.07, 6.45) is 5.44. The van der Waals surface area contributed by atoms with Crippen LogP contribution in [0.1, 0.15) is 20.3 Å².